The summed E-state index contributed by atoms with van der Waals surface area (Å²) in [6.07, 6.45) is 1.39. The zero-order chi connectivity index (χ0) is 23.0. The van der Waals surface area contributed by atoms with Gasteiger partial charge in [0, 0.05) is 18.7 Å². The largest absolute Gasteiger partial charge is 0.507 e. The fraction of sp³-hybridized carbons (Fsp3) is 0.304. The third-order valence-corrected chi connectivity index (χ3v) is 6.19. The summed E-state index contributed by atoms with van der Waals surface area (Å²) >= 11 is 12.4. The molecule has 2 aromatic carbocycles. The van der Waals surface area contributed by atoms with E-state index in [1.54, 1.807) is 0 Å². The van der Waals surface area contributed by atoms with Gasteiger partial charge in [-0.25, -0.2) is 4.39 Å². The Balaban J connectivity index is 1.85. The lowest BCUT2D eigenvalue weighted by atomic mass is 9.95. The number of carbonyl (C=O) groups excluding carboxylic acids is 2. The summed E-state index contributed by atoms with van der Waals surface area (Å²) in [5.74, 6) is -2.28. The number of amides is 1. The summed E-state index contributed by atoms with van der Waals surface area (Å²) in [5, 5.41) is 11.4. The Hall–Kier alpha value is -2.61. The van der Waals surface area contributed by atoms with Gasteiger partial charge in [0.15, 0.2) is 5.75 Å². The van der Waals surface area contributed by atoms with Crippen molar-refractivity contribution in [1.82, 2.24) is 4.90 Å². The van der Waals surface area contributed by atoms with Crippen molar-refractivity contribution in [2.24, 2.45) is 0 Å². The minimum absolute atomic E-state index is 0.128. The zero-order valence-electron chi connectivity index (χ0n) is 17.1. The van der Waals surface area contributed by atoms with Gasteiger partial charge < -0.3 is 19.5 Å². The van der Waals surface area contributed by atoms with Crippen molar-refractivity contribution in [3.63, 3.8) is 0 Å². The Bertz CT molecular complexity index is 1070. The number of ether oxygens (including phenoxy) is 2. The molecule has 2 saturated heterocycles. The first kappa shape index (κ1) is 22.6. The number of halogens is 3. The Morgan fingerprint density at radius 2 is 1.88 bits per heavy atom. The topological polar surface area (TPSA) is 76.1 Å². The zero-order valence-corrected chi connectivity index (χ0v) is 18.6. The quantitative estimate of drug-likeness (QED) is 0.380. The third kappa shape index (κ3) is 4.08. The Morgan fingerprint density at radius 3 is 2.44 bits per heavy atom. The van der Waals surface area contributed by atoms with E-state index < -0.39 is 29.3 Å². The van der Waals surface area contributed by atoms with Gasteiger partial charge in [-0.2, -0.15) is 0 Å². The predicted molar refractivity (Wildman–Crippen MR) is 117 cm³/mol. The van der Waals surface area contributed by atoms with Gasteiger partial charge in [-0.1, -0.05) is 35.3 Å². The van der Waals surface area contributed by atoms with Crippen LogP contribution >= 0.6 is 23.2 Å². The number of carbonyl (C=O) groups is 2. The molecule has 1 N–H and O–H groups in total. The van der Waals surface area contributed by atoms with E-state index in [4.69, 9.17) is 32.7 Å². The lowest BCUT2D eigenvalue weighted by molar-refractivity contribution is -0.140. The molecule has 2 unspecified atom stereocenters. The van der Waals surface area contributed by atoms with Crippen LogP contribution in [0.3, 0.4) is 0 Å². The molecule has 2 heterocycles. The molecular weight excluding hydrogens is 460 g/mol. The molecule has 2 aliphatic rings. The second-order valence-electron chi connectivity index (χ2n) is 7.61. The predicted octanol–water partition coefficient (Wildman–Crippen LogP) is 4.74. The second kappa shape index (κ2) is 9.10. The summed E-state index contributed by atoms with van der Waals surface area (Å²) in [5.41, 5.74) is 0.510. The summed E-state index contributed by atoms with van der Waals surface area (Å²) in [6, 6.07) is 7.32. The molecule has 2 aromatic rings. The second-order valence-corrected chi connectivity index (χ2v) is 8.43. The molecule has 0 spiro atoms. The highest BCUT2D eigenvalue weighted by Gasteiger charge is 2.47. The van der Waals surface area contributed by atoms with E-state index in [-0.39, 0.29) is 39.6 Å². The number of rotatable bonds is 5. The van der Waals surface area contributed by atoms with Gasteiger partial charge in [-0.3, -0.25) is 9.59 Å². The van der Waals surface area contributed by atoms with Crippen LogP contribution in [0.1, 0.15) is 30.0 Å². The molecule has 0 saturated carbocycles. The summed E-state index contributed by atoms with van der Waals surface area (Å²) in [4.78, 5) is 27.4. The van der Waals surface area contributed by atoms with Crippen molar-refractivity contribution in [2.75, 3.05) is 20.3 Å². The van der Waals surface area contributed by atoms with Crippen LogP contribution in [0.4, 0.5) is 4.39 Å². The number of likely N-dealkylation sites (tertiary alicyclic amines) is 1. The van der Waals surface area contributed by atoms with Crippen LogP contribution in [0, 0.1) is 5.82 Å². The minimum Gasteiger partial charge on any atom is -0.507 e. The highest BCUT2D eigenvalue weighted by molar-refractivity contribution is 6.46. The summed E-state index contributed by atoms with van der Waals surface area (Å²) < 4.78 is 24.3. The van der Waals surface area contributed by atoms with Crippen molar-refractivity contribution >= 4 is 40.7 Å². The average Bonchev–Trinajstić information content (AvgIpc) is 3.36. The van der Waals surface area contributed by atoms with Crippen LogP contribution in [0.25, 0.3) is 5.76 Å². The minimum atomic E-state index is -0.917. The maximum atomic E-state index is 13.6. The van der Waals surface area contributed by atoms with Gasteiger partial charge in [0.2, 0.25) is 0 Å². The van der Waals surface area contributed by atoms with Crippen LogP contribution in [-0.2, 0) is 14.3 Å². The molecule has 0 aliphatic carbocycles. The van der Waals surface area contributed by atoms with E-state index in [1.807, 2.05) is 0 Å². The summed E-state index contributed by atoms with van der Waals surface area (Å²) in [6.45, 7) is 0.756. The van der Waals surface area contributed by atoms with Crippen molar-refractivity contribution < 1.29 is 28.6 Å². The van der Waals surface area contributed by atoms with Crippen LogP contribution < -0.4 is 4.74 Å². The van der Waals surface area contributed by atoms with Crippen molar-refractivity contribution in [1.29, 1.82) is 0 Å². The number of hydrogen-bond acceptors (Lipinski definition) is 5. The fourth-order valence-electron chi connectivity index (χ4n) is 4.11. The molecule has 4 rings (SSSR count). The average molecular weight is 480 g/mol. The van der Waals surface area contributed by atoms with E-state index in [0.717, 1.165) is 12.8 Å². The summed E-state index contributed by atoms with van der Waals surface area (Å²) in [7, 11) is 1.40. The van der Waals surface area contributed by atoms with E-state index >= 15 is 0 Å². The maximum absolute atomic E-state index is 13.6. The molecule has 0 bridgehead atoms. The van der Waals surface area contributed by atoms with Crippen LogP contribution in [0.15, 0.2) is 42.0 Å². The van der Waals surface area contributed by atoms with Crippen molar-refractivity contribution in [3.8, 4) is 5.75 Å². The Kier molecular flexibility index (Phi) is 6.42. The van der Waals surface area contributed by atoms with Gasteiger partial charge in [-0.15, -0.1) is 0 Å². The highest BCUT2D eigenvalue weighted by atomic mass is 35.5. The molecule has 2 fully saturated rings. The molecule has 1 amide bonds. The van der Waals surface area contributed by atoms with Crippen molar-refractivity contribution in [2.45, 2.75) is 25.0 Å². The van der Waals surface area contributed by atoms with Gasteiger partial charge in [0.25, 0.3) is 11.7 Å². The molecule has 2 aliphatic heterocycles. The molecular formula is C23H20Cl2FNO5. The van der Waals surface area contributed by atoms with Gasteiger partial charge in [0.1, 0.15) is 11.6 Å². The number of aliphatic hydroxyl groups excluding tert-OH is 1. The third-order valence-electron chi connectivity index (χ3n) is 5.63. The van der Waals surface area contributed by atoms with Crippen molar-refractivity contribution in [3.05, 3.63) is 69.0 Å². The Morgan fingerprint density at radius 1 is 1.22 bits per heavy atom. The molecule has 6 nitrogen and oxygen atoms in total. The molecule has 0 radical (unpaired) electrons. The lowest BCUT2D eigenvalue weighted by Crippen LogP contribution is -2.36. The van der Waals surface area contributed by atoms with Gasteiger partial charge >= 0.3 is 0 Å². The number of ketones is 1. The highest BCUT2D eigenvalue weighted by Crippen LogP contribution is 2.42. The Labute approximate surface area is 194 Å². The fourth-order valence-corrected chi connectivity index (χ4v) is 4.76. The van der Waals surface area contributed by atoms with E-state index in [9.17, 15) is 19.1 Å². The number of aliphatic hydroxyl groups is 1. The monoisotopic (exact) mass is 479 g/mol. The van der Waals surface area contributed by atoms with Crippen LogP contribution in [-0.4, -0.2) is 48.1 Å². The molecule has 168 valence electrons. The smallest absolute Gasteiger partial charge is 0.295 e. The first-order chi connectivity index (χ1) is 15.3. The molecule has 0 aromatic heterocycles. The van der Waals surface area contributed by atoms with Crippen LogP contribution in [0.2, 0.25) is 10.0 Å². The van der Waals surface area contributed by atoms with Gasteiger partial charge in [-0.05, 0) is 42.7 Å². The number of hydrogen-bond donors (Lipinski definition) is 1. The molecule has 2 atom stereocenters. The van der Waals surface area contributed by atoms with E-state index in [2.05, 4.69) is 0 Å². The molecule has 9 heteroatoms. The van der Waals surface area contributed by atoms with Crippen LogP contribution in [0.5, 0.6) is 5.75 Å². The van der Waals surface area contributed by atoms with E-state index in [0.29, 0.717) is 12.2 Å². The number of Topliss-reactive ketones (excluding diaryl/α,β-unsaturated/α-hetero) is 1. The number of methoxy groups -OCH3 is 1. The lowest BCUT2D eigenvalue weighted by Gasteiger charge is -2.27. The normalized spacial score (nSPS) is 22.6. The first-order valence-electron chi connectivity index (χ1n) is 10.0. The maximum Gasteiger partial charge on any atom is 0.295 e. The van der Waals surface area contributed by atoms with Gasteiger partial charge in [0.05, 0.1) is 34.9 Å². The SMILES string of the molecule is COc1c(Cl)cc(/C(O)=C2\C(=O)C(=O)N(CC3CCCO3)C2c2ccc(F)cc2)cc1Cl. The number of nitrogens with zero attached hydrogens (tertiary/aromatic N) is 1. The first-order valence-corrected chi connectivity index (χ1v) is 10.8. The molecule has 32 heavy (non-hydrogen) atoms. The standard InChI is InChI=1S/C23H20Cl2FNO5/c1-31-22-16(24)9-13(10-17(22)25)20(28)18-19(12-4-6-14(26)7-5-12)27(23(30)21(18)29)11-15-3-2-8-32-15/h4-7,9-10,15,19,28H,2-3,8,11H2,1H3/b20-18+. The van der Waals surface area contributed by atoms with E-state index in [1.165, 1.54) is 48.4 Å². The number of benzene rings is 2.